The van der Waals surface area contributed by atoms with Gasteiger partial charge in [0.05, 0.1) is 0 Å². The largest absolute Gasteiger partial charge is 0.458 e. The predicted octanol–water partition coefficient (Wildman–Crippen LogP) is 9.72. The van der Waals surface area contributed by atoms with Crippen LogP contribution in [0.5, 0.6) is 0 Å². The average Bonchev–Trinajstić information content (AvgIpc) is 3.62. The monoisotopic (exact) mass is 552 g/mol. The summed E-state index contributed by atoms with van der Waals surface area (Å²) in [7, 11) is -1.77. The van der Waals surface area contributed by atoms with Gasteiger partial charge in [-0.3, -0.25) is 4.79 Å². The number of ether oxygens (including phenoxy) is 1. The minimum absolute atomic E-state index is 0.0311. The van der Waals surface area contributed by atoms with Crippen LogP contribution < -0.4 is 0 Å². The Morgan fingerprint density at radius 1 is 1.08 bits per heavy atom. The van der Waals surface area contributed by atoms with Crippen molar-refractivity contribution >= 4 is 14.3 Å². The molecule has 3 nitrogen and oxygen atoms in total. The number of hydrogen-bond acceptors (Lipinski definition) is 3. The number of allylic oxidation sites excluding steroid dienone is 5. The SMILES string of the molecule is C=C1CC[C@@H](O[Si](C)(C)C(C)(C)C)CC1=CC=C1CCC[C@]2(C)[C@@H]([C@H](C)C=C[C@H](OC(C)=O)C3CC3)CC[C@@H]12. The molecule has 39 heavy (non-hydrogen) atoms. The molecule has 0 heterocycles. The average molecular weight is 553 g/mol. The van der Waals surface area contributed by atoms with Crippen LogP contribution in [-0.4, -0.2) is 26.5 Å². The number of hydrogen-bond donors (Lipinski definition) is 0. The van der Waals surface area contributed by atoms with Gasteiger partial charge in [0.1, 0.15) is 6.10 Å². The first-order chi connectivity index (χ1) is 18.2. The van der Waals surface area contributed by atoms with Crippen LogP contribution in [0.2, 0.25) is 18.1 Å². The Kier molecular flexibility index (Phi) is 9.28. The highest BCUT2D eigenvalue weighted by molar-refractivity contribution is 6.74. The maximum absolute atomic E-state index is 11.6. The van der Waals surface area contributed by atoms with Crippen LogP contribution in [0.4, 0.5) is 0 Å². The number of esters is 1. The Morgan fingerprint density at radius 2 is 1.79 bits per heavy atom. The van der Waals surface area contributed by atoms with Gasteiger partial charge in [0.2, 0.25) is 0 Å². The summed E-state index contributed by atoms with van der Waals surface area (Å²) < 4.78 is 12.5. The molecule has 0 aliphatic heterocycles. The number of carbonyl (C=O) groups is 1. The second kappa shape index (κ2) is 11.8. The molecule has 0 bridgehead atoms. The van der Waals surface area contributed by atoms with E-state index in [2.05, 4.69) is 78.6 Å². The molecule has 6 atom stereocenters. The third-order valence-electron chi connectivity index (χ3n) is 11.1. The summed E-state index contributed by atoms with van der Waals surface area (Å²) in [5, 5.41) is 0.241. The van der Waals surface area contributed by atoms with Crippen molar-refractivity contribution in [3.05, 3.63) is 47.6 Å². The molecule has 0 saturated heterocycles. The van der Waals surface area contributed by atoms with Crippen molar-refractivity contribution in [3.63, 3.8) is 0 Å². The lowest BCUT2D eigenvalue weighted by Crippen LogP contribution is -2.44. The second-order valence-electron chi connectivity index (χ2n) is 15.0. The first kappa shape index (κ1) is 30.6. The lowest BCUT2D eigenvalue weighted by Gasteiger charge is -2.44. The highest BCUT2D eigenvalue weighted by atomic mass is 28.4. The summed E-state index contributed by atoms with van der Waals surface area (Å²) in [4.78, 5) is 11.6. The van der Waals surface area contributed by atoms with E-state index < -0.39 is 8.32 Å². The van der Waals surface area contributed by atoms with E-state index in [0.717, 1.165) is 19.3 Å². The van der Waals surface area contributed by atoms with Gasteiger partial charge >= 0.3 is 5.97 Å². The van der Waals surface area contributed by atoms with E-state index in [1.807, 2.05) is 0 Å². The van der Waals surface area contributed by atoms with Crippen molar-refractivity contribution in [2.45, 2.75) is 136 Å². The topological polar surface area (TPSA) is 35.5 Å². The summed E-state index contributed by atoms with van der Waals surface area (Å²) >= 11 is 0. The molecule has 4 heteroatoms. The minimum atomic E-state index is -1.77. The Bertz CT molecular complexity index is 1010. The maximum atomic E-state index is 11.6. The third-order valence-corrected chi connectivity index (χ3v) is 15.6. The molecule has 0 amide bonds. The lowest BCUT2D eigenvalue weighted by atomic mass is 9.61. The van der Waals surface area contributed by atoms with E-state index in [1.165, 1.54) is 63.0 Å². The molecule has 0 aromatic heterocycles. The van der Waals surface area contributed by atoms with Gasteiger partial charge in [-0.25, -0.2) is 0 Å². The van der Waals surface area contributed by atoms with E-state index in [9.17, 15) is 4.79 Å². The predicted molar refractivity (Wildman–Crippen MR) is 166 cm³/mol. The van der Waals surface area contributed by atoms with Gasteiger partial charge < -0.3 is 9.16 Å². The summed E-state index contributed by atoms with van der Waals surface area (Å²) in [6, 6.07) is 0. The Labute approximate surface area is 240 Å². The molecular formula is C35H56O3Si. The van der Waals surface area contributed by atoms with Crippen LogP contribution in [0, 0.1) is 29.1 Å². The summed E-state index contributed by atoms with van der Waals surface area (Å²) in [6.07, 6.45) is 21.7. The zero-order chi connectivity index (χ0) is 28.6. The van der Waals surface area contributed by atoms with Gasteiger partial charge in [-0.05, 0) is 123 Å². The van der Waals surface area contributed by atoms with Crippen molar-refractivity contribution in [1.82, 2.24) is 0 Å². The van der Waals surface area contributed by atoms with E-state index in [4.69, 9.17) is 9.16 Å². The van der Waals surface area contributed by atoms with Gasteiger partial charge in [0, 0.05) is 13.0 Å². The van der Waals surface area contributed by atoms with Crippen LogP contribution >= 0.6 is 0 Å². The maximum Gasteiger partial charge on any atom is 0.303 e. The fourth-order valence-corrected chi connectivity index (χ4v) is 8.93. The zero-order valence-corrected chi connectivity index (χ0v) is 27.3. The summed E-state index contributed by atoms with van der Waals surface area (Å²) in [5.74, 6) is 2.22. The van der Waals surface area contributed by atoms with Gasteiger partial charge in [-0.1, -0.05) is 70.6 Å². The van der Waals surface area contributed by atoms with E-state index >= 15 is 0 Å². The number of carbonyl (C=O) groups excluding carboxylic acids is 1. The fourth-order valence-electron chi connectivity index (χ4n) is 7.55. The Morgan fingerprint density at radius 3 is 2.44 bits per heavy atom. The molecule has 218 valence electrons. The third kappa shape index (κ3) is 7.10. The normalized spacial score (nSPS) is 33.9. The van der Waals surface area contributed by atoms with Crippen LogP contribution in [0.3, 0.4) is 0 Å². The van der Waals surface area contributed by atoms with Crippen LogP contribution in [0.15, 0.2) is 47.6 Å². The molecular weight excluding hydrogens is 496 g/mol. The van der Waals surface area contributed by atoms with Gasteiger partial charge in [-0.2, -0.15) is 0 Å². The van der Waals surface area contributed by atoms with Crippen molar-refractivity contribution in [2.75, 3.05) is 0 Å². The fraction of sp³-hybridized carbons (Fsp3) is 0.743. The highest BCUT2D eigenvalue weighted by Crippen LogP contribution is 2.59. The molecule has 0 radical (unpaired) electrons. The molecule has 0 aromatic rings. The highest BCUT2D eigenvalue weighted by Gasteiger charge is 2.50. The molecule has 4 aliphatic carbocycles. The quantitative estimate of drug-likeness (QED) is 0.171. The minimum Gasteiger partial charge on any atom is -0.458 e. The first-order valence-electron chi connectivity index (χ1n) is 15.8. The van der Waals surface area contributed by atoms with Gasteiger partial charge in [0.25, 0.3) is 0 Å². The van der Waals surface area contributed by atoms with Gasteiger partial charge in [-0.15, -0.1) is 0 Å². The van der Waals surface area contributed by atoms with Crippen molar-refractivity contribution in [2.24, 2.45) is 29.1 Å². The molecule has 4 rings (SSSR count). The number of fused-ring (bicyclic) bond motifs is 1. The molecule has 0 unspecified atom stereocenters. The molecule has 4 saturated carbocycles. The number of rotatable bonds is 8. The standard InChI is InChI=1S/C35H56O3Si/c1-24-12-18-30(38-39(8,9)34(4,5)6)23-29(24)17-14-27-11-10-22-35(7)31(19-20-32(27)35)25(2)13-21-33(28-15-16-28)37-26(3)36/h13-14,17,21,25,28,30-33H,1,10-12,15-16,18-20,22-23H2,2-9H3/t25-,30-,31-,32+,33+,35-/m1/s1. The molecule has 4 aliphatic rings. The lowest BCUT2D eigenvalue weighted by molar-refractivity contribution is -0.144. The van der Waals surface area contributed by atoms with Crippen molar-refractivity contribution < 1.29 is 14.0 Å². The van der Waals surface area contributed by atoms with Gasteiger partial charge in [0.15, 0.2) is 8.32 Å². The first-order valence-corrected chi connectivity index (χ1v) is 18.7. The molecule has 0 aromatic carbocycles. The van der Waals surface area contributed by atoms with Crippen molar-refractivity contribution in [1.29, 1.82) is 0 Å². The van der Waals surface area contributed by atoms with E-state index in [1.54, 1.807) is 5.57 Å². The zero-order valence-electron chi connectivity index (χ0n) is 26.3. The van der Waals surface area contributed by atoms with Crippen LogP contribution in [-0.2, 0) is 14.0 Å². The van der Waals surface area contributed by atoms with Crippen LogP contribution in [0.25, 0.3) is 0 Å². The van der Waals surface area contributed by atoms with E-state index in [0.29, 0.717) is 35.2 Å². The molecule has 0 spiro atoms. The summed E-state index contributed by atoms with van der Waals surface area (Å²) in [6.45, 7) is 22.7. The second-order valence-corrected chi connectivity index (χ2v) is 19.8. The molecule has 0 N–H and O–H groups in total. The van der Waals surface area contributed by atoms with Crippen molar-refractivity contribution in [3.8, 4) is 0 Å². The Balaban J connectivity index is 1.45. The Hall–Kier alpha value is -1.39. The van der Waals surface area contributed by atoms with E-state index in [-0.39, 0.29) is 17.1 Å². The molecule has 4 fully saturated rings. The smallest absolute Gasteiger partial charge is 0.303 e. The van der Waals surface area contributed by atoms with Crippen LogP contribution in [0.1, 0.15) is 106 Å². The summed E-state index contributed by atoms with van der Waals surface area (Å²) in [5.41, 5.74) is 4.72.